The molecule has 1 amide bonds. The van der Waals surface area contributed by atoms with Crippen molar-refractivity contribution in [2.24, 2.45) is 5.92 Å². The van der Waals surface area contributed by atoms with Gasteiger partial charge in [0.2, 0.25) is 5.95 Å². The average molecular weight is 560 g/mol. The monoisotopic (exact) mass is 559 g/mol. The first kappa shape index (κ1) is 27.3. The van der Waals surface area contributed by atoms with Gasteiger partial charge in [-0.25, -0.2) is 9.97 Å². The number of hydrogen-bond acceptors (Lipinski definition) is 8. The van der Waals surface area contributed by atoms with Crippen LogP contribution >= 0.6 is 24.0 Å². The second kappa shape index (κ2) is 13.2. The van der Waals surface area contributed by atoms with Crippen LogP contribution in [0.1, 0.15) is 45.4 Å². The van der Waals surface area contributed by atoms with Gasteiger partial charge in [0.05, 0.1) is 20.8 Å². The smallest absolute Gasteiger partial charge is 0.262 e. The average Bonchev–Trinajstić information content (AvgIpc) is 3.46. The van der Waals surface area contributed by atoms with Crippen LogP contribution in [0.4, 0.5) is 11.6 Å². The number of thiophene rings is 1. The zero-order chi connectivity index (χ0) is 27.0. The Balaban J connectivity index is 1.20. The first-order valence-electron chi connectivity index (χ1n) is 13.2. The quantitative estimate of drug-likeness (QED) is 0.143. The van der Waals surface area contributed by atoms with Crippen molar-refractivity contribution in [2.45, 2.75) is 31.2 Å². The van der Waals surface area contributed by atoms with Crippen LogP contribution < -0.4 is 10.6 Å². The summed E-state index contributed by atoms with van der Waals surface area (Å²) in [6.45, 7) is 3.32. The van der Waals surface area contributed by atoms with E-state index in [4.69, 9.17) is 4.98 Å². The van der Waals surface area contributed by atoms with E-state index in [2.05, 4.69) is 45.3 Å². The van der Waals surface area contributed by atoms with Crippen molar-refractivity contribution >= 4 is 41.5 Å². The molecule has 0 unspecified atom stereocenters. The topological polar surface area (TPSA) is 90.4 Å². The highest BCUT2D eigenvalue weighted by Crippen LogP contribution is 2.29. The van der Waals surface area contributed by atoms with Gasteiger partial charge in [0.15, 0.2) is 0 Å². The van der Waals surface area contributed by atoms with Crippen LogP contribution in [0.25, 0.3) is 10.6 Å². The van der Waals surface area contributed by atoms with Crippen molar-refractivity contribution in [1.29, 1.82) is 0 Å². The van der Waals surface area contributed by atoms with Crippen LogP contribution in [0.5, 0.6) is 0 Å². The lowest BCUT2D eigenvalue weighted by Gasteiger charge is -2.31. The van der Waals surface area contributed by atoms with Crippen LogP contribution in [0, 0.1) is 5.92 Å². The Morgan fingerprint density at radius 3 is 2.69 bits per heavy atom. The molecule has 4 aromatic rings. The molecular weight excluding hydrogens is 526 g/mol. The number of nitrogens with zero attached hydrogens (tertiary/aromatic N) is 3. The molecule has 39 heavy (non-hydrogen) atoms. The third-order valence-electron chi connectivity index (χ3n) is 6.95. The number of likely N-dealkylation sites (tertiary alicyclic amines) is 1. The largest absolute Gasteiger partial charge is 0.396 e. The summed E-state index contributed by atoms with van der Waals surface area (Å²) in [4.78, 5) is 25.9. The maximum atomic E-state index is 12.8. The predicted molar refractivity (Wildman–Crippen MR) is 160 cm³/mol. The van der Waals surface area contributed by atoms with Crippen LogP contribution in [0.2, 0.25) is 0 Å². The fourth-order valence-corrected chi connectivity index (χ4v) is 5.99. The van der Waals surface area contributed by atoms with Crippen LogP contribution in [-0.2, 0) is 6.54 Å². The minimum Gasteiger partial charge on any atom is -0.396 e. The van der Waals surface area contributed by atoms with E-state index in [9.17, 15) is 9.90 Å². The molecule has 7 nitrogen and oxygen atoms in total. The predicted octanol–water partition coefficient (Wildman–Crippen LogP) is 5.90. The van der Waals surface area contributed by atoms with E-state index in [0.29, 0.717) is 16.7 Å². The van der Waals surface area contributed by atoms with E-state index in [1.54, 1.807) is 6.20 Å². The zero-order valence-electron chi connectivity index (χ0n) is 21.7. The Morgan fingerprint density at radius 2 is 1.90 bits per heavy atom. The van der Waals surface area contributed by atoms with Gasteiger partial charge in [-0.1, -0.05) is 42.5 Å². The number of thiol groups is 1. The SMILES string of the molecule is O=C(N[C@H](S)c1ccccc1)c1ccc(-c2ccnc(Nc3cccc(CN4CCC(CCO)CC4)c3)n2)s1. The highest BCUT2D eigenvalue weighted by atomic mass is 32.1. The molecule has 0 bridgehead atoms. The Labute approximate surface area is 238 Å². The number of amides is 1. The standard InChI is InChI=1S/C30H33N5O2S2/c36-18-14-21-12-16-35(17-13-21)20-22-5-4-8-24(19-22)32-30-31-15-11-25(33-30)26-9-10-27(39-26)28(37)34-29(38)23-6-2-1-3-7-23/h1-11,15,19,21,29,36,38H,12-14,16-18,20H2,(H,34,37)(H,31,32,33)/t29-/m1/s1. The molecule has 0 aliphatic carbocycles. The summed E-state index contributed by atoms with van der Waals surface area (Å²) in [7, 11) is 0. The Kier molecular flexibility index (Phi) is 9.26. The number of carbonyl (C=O) groups is 1. The van der Waals surface area contributed by atoms with E-state index >= 15 is 0 Å². The molecular formula is C30H33N5O2S2. The minimum atomic E-state index is -0.382. The van der Waals surface area contributed by atoms with Crippen molar-refractivity contribution in [1.82, 2.24) is 20.2 Å². The fraction of sp³-hybridized carbons (Fsp3) is 0.300. The summed E-state index contributed by atoms with van der Waals surface area (Å²) in [6, 6.07) is 23.6. The van der Waals surface area contributed by atoms with E-state index in [1.165, 1.54) is 16.9 Å². The molecule has 1 aliphatic heterocycles. The van der Waals surface area contributed by atoms with E-state index in [1.807, 2.05) is 60.7 Å². The third-order valence-corrected chi connectivity index (χ3v) is 8.49. The molecule has 1 atom stereocenters. The number of carbonyl (C=O) groups excluding carboxylic acids is 1. The fourth-order valence-electron chi connectivity index (χ4n) is 4.82. The molecule has 2 aromatic heterocycles. The van der Waals surface area contributed by atoms with Gasteiger partial charge >= 0.3 is 0 Å². The number of aliphatic hydroxyl groups is 1. The summed E-state index contributed by atoms with van der Waals surface area (Å²) in [5.74, 6) is 0.983. The molecule has 0 spiro atoms. The summed E-state index contributed by atoms with van der Waals surface area (Å²) >= 11 is 5.92. The van der Waals surface area contributed by atoms with Crippen molar-refractivity contribution in [3.8, 4) is 10.6 Å². The zero-order valence-corrected chi connectivity index (χ0v) is 23.4. The Bertz CT molecular complexity index is 1370. The minimum absolute atomic E-state index is 0.169. The highest BCUT2D eigenvalue weighted by molar-refractivity contribution is 7.80. The first-order valence-corrected chi connectivity index (χ1v) is 14.6. The van der Waals surface area contributed by atoms with Gasteiger partial charge in [-0.15, -0.1) is 24.0 Å². The third kappa shape index (κ3) is 7.45. The summed E-state index contributed by atoms with van der Waals surface area (Å²) in [6.07, 6.45) is 4.93. The Morgan fingerprint density at radius 1 is 1.08 bits per heavy atom. The van der Waals surface area contributed by atoms with E-state index in [-0.39, 0.29) is 17.9 Å². The molecule has 9 heteroatoms. The second-order valence-corrected chi connectivity index (χ2v) is 11.4. The number of hydrogen-bond donors (Lipinski definition) is 4. The summed E-state index contributed by atoms with van der Waals surface area (Å²) < 4.78 is 0. The van der Waals surface area contributed by atoms with Crippen LogP contribution in [0.3, 0.4) is 0 Å². The molecule has 1 aliphatic rings. The van der Waals surface area contributed by atoms with Gasteiger partial charge in [-0.2, -0.15) is 0 Å². The number of benzene rings is 2. The van der Waals surface area contributed by atoms with Crippen molar-refractivity contribution in [3.63, 3.8) is 0 Å². The van der Waals surface area contributed by atoms with Gasteiger partial charge in [0.1, 0.15) is 0 Å². The first-order chi connectivity index (χ1) is 19.1. The lowest BCUT2D eigenvalue weighted by molar-refractivity contribution is 0.0954. The molecule has 202 valence electrons. The normalized spacial score (nSPS) is 15.1. The molecule has 3 heterocycles. The number of nitrogens with one attached hydrogen (secondary N) is 2. The lowest BCUT2D eigenvalue weighted by Crippen LogP contribution is -2.33. The molecule has 0 saturated carbocycles. The highest BCUT2D eigenvalue weighted by Gasteiger charge is 2.19. The molecule has 3 N–H and O–H groups in total. The number of aromatic nitrogens is 2. The molecule has 5 rings (SSSR count). The second-order valence-electron chi connectivity index (χ2n) is 9.77. The van der Waals surface area contributed by atoms with Crippen LogP contribution in [-0.4, -0.2) is 45.6 Å². The molecule has 1 fully saturated rings. The number of anilines is 2. The molecule has 2 aromatic carbocycles. The lowest BCUT2D eigenvalue weighted by atomic mass is 9.94. The van der Waals surface area contributed by atoms with Crippen molar-refractivity contribution in [3.05, 3.63) is 95.0 Å². The molecule has 1 saturated heterocycles. The van der Waals surface area contributed by atoms with Crippen molar-refractivity contribution in [2.75, 3.05) is 25.0 Å². The van der Waals surface area contributed by atoms with Crippen molar-refractivity contribution < 1.29 is 9.90 Å². The maximum Gasteiger partial charge on any atom is 0.262 e. The summed E-state index contributed by atoms with van der Waals surface area (Å²) in [5, 5.41) is 15.1. The number of rotatable bonds is 10. The van der Waals surface area contributed by atoms with E-state index in [0.717, 1.165) is 60.7 Å². The molecule has 0 radical (unpaired) electrons. The summed E-state index contributed by atoms with van der Waals surface area (Å²) in [5.41, 5.74) is 3.86. The van der Waals surface area contributed by atoms with Gasteiger partial charge < -0.3 is 15.7 Å². The Hall–Kier alpha value is -3.24. The van der Waals surface area contributed by atoms with Gasteiger partial charge in [0.25, 0.3) is 5.91 Å². The van der Waals surface area contributed by atoms with Crippen LogP contribution in [0.15, 0.2) is 79.0 Å². The number of piperidine rings is 1. The van der Waals surface area contributed by atoms with Gasteiger partial charge in [0, 0.05) is 25.0 Å². The van der Waals surface area contributed by atoms with E-state index < -0.39 is 0 Å². The maximum absolute atomic E-state index is 12.8. The van der Waals surface area contributed by atoms with Gasteiger partial charge in [-0.3, -0.25) is 9.69 Å². The van der Waals surface area contributed by atoms with Gasteiger partial charge in [-0.05, 0) is 79.7 Å². The number of aliphatic hydroxyl groups excluding tert-OH is 1.